The normalized spacial score (nSPS) is 11.4. The Hall–Kier alpha value is -0.780. The first-order valence-electron chi connectivity index (χ1n) is 6.63. The van der Waals surface area contributed by atoms with Gasteiger partial charge in [0.1, 0.15) is 0 Å². The van der Waals surface area contributed by atoms with E-state index in [4.69, 9.17) is 0 Å². The Morgan fingerprint density at radius 3 is 1.44 bits per heavy atom. The molecular weight excluding hydrogens is 192 g/mol. The lowest BCUT2D eigenvalue weighted by atomic mass is 9.94. The van der Waals surface area contributed by atoms with Gasteiger partial charge in [-0.05, 0) is 47.8 Å². The maximum atomic E-state index is 2.40. The molecule has 0 heteroatoms. The molecule has 16 heavy (non-hydrogen) atoms. The largest absolute Gasteiger partial charge is 0.0625 e. The Kier molecular flexibility index (Phi) is 5.05. The summed E-state index contributed by atoms with van der Waals surface area (Å²) < 4.78 is 0. The van der Waals surface area contributed by atoms with Gasteiger partial charge in [-0.3, -0.25) is 0 Å². The molecule has 1 aromatic rings. The first-order chi connectivity index (χ1) is 7.51. The maximum Gasteiger partial charge on any atom is -0.0255 e. The van der Waals surface area contributed by atoms with E-state index in [-0.39, 0.29) is 0 Å². The minimum absolute atomic E-state index is 0.749. The van der Waals surface area contributed by atoms with Crippen LogP contribution >= 0.6 is 0 Å². The monoisotopic (exact) mass is 218 g/mol. The van der Waals surface area contributed by atoms with Crippen molar-refractivity contribution in [2.24, 2.45) is 11.8 Å². The zero-order valence-electron chi connectivity index (χ0n) is 11.5. The summed E-state index contributed by atoms with van der Waals surface area (Å²) in [7, 11) is 0. The van der Waals surface area contributed by atoms with E-state index in [1.165, 1.54) is 29.5 Å². The molecule has 0 atom stereocenters. The third-order valence-electron chi connectivity index (χ3n) is 2.81. The van der Waals surface area contributed by atoms with E-state index in [1.807, 2.05) is 0 Å². The molecule has 0 bridgehead atoms. The zero-order valence-corrected chi connectivity index (χ0v) is 11.5. The van der Waals surface area contributed by atoms with Crippen LogP contribution in [0.4, 0.5) is 0 Å². The summed E-state index contributed by atoms with van der Waals surface area (Å²) in [5.41, 5.74) is 4.53. The van der Waals surface area contributed by atoms with Crippen LogP contribution in [0.5, 0.6) is 0 Å². The van der Waals surface area contributed by atoms with Crippen molar-refractivity contribution in [3.63, 3.8) is 0 Å². The molecule has 0 radical (unpaired) electrons. The quantitative estimate of drug-likeness (QED) is 0.675. The van der Waals surface area contributed by atoms with Crippen molar-refractivity contribution in [1.82, 2.24) is 0 Å². The highest BCUT2D eigenvalue weighted by molar-refractivity contribution is 5.30. The second-order valence-electron chi connectivity index (χ2n) is 5.71. The third-order valence-corrected chi connectivity index (χ3v) is 2.81. The molecular formula is C16H26. The highest BCUT2D eigenvalue weighted by Gasteiger charge is 2.04. The predicted octanol–water partition coefficient (Wildman–Crippen LogP) is 4.65. The van der Waals surface area contributed by atoms with Crippen molar-refractivity contribution in [3.8, 4) is 0 Å². The Morgan fingerprint density at radius 2 is 1.12 bits per heavy atom. The fourth-order valence-electron chi connectivity index (χ4n) is 2.22. The van der Waals surface area contributed by atoms with E-state index in [0.717, 1.165) is 18.3 Å². The summed E-state index contributed by atoms with van der Waals surface area (Å²) in [6.45, 7) is 11.4. The van der Waals surface area contributed by atoms with Crippen LogP contribution in [0.3, 0.4) is 0 Å². The van der Waals surface area contributed by atoms with E-state index in [9.17, 15) is 0 Å². The first kappa shape index (κ1) is 13.3. The molecule has 1 aromatic carbocycles. The van der Waals surface area contributed by atoms with Gasteiger partial charge in [0.25, 0.3) is 0 Å². The van der Waals surface area contributed by atoms with Gasteiger partial charge in [0, 0.05) is 0 Å². The molecule has 0 aliphatic heterocycles. The van der Waals surface area contributed by atoms with Crippen molar-refractivity contribution < 1.29 is 0 Å². The average Bonchev–Trinajstić information content (AvgIpc) is 2.14. The molecule has 0 N–H and O–H groups in total. The second kappa shape index (κ2) is 6.08. The van der Waals surface area contributed by atoms with E-state index in [2.05, 4.69) is 52.8 Å². The van der Waals surface area contributed by atoms with Crippen molar-refractivity contribution in [3.05, 3.63) is 34.9 Å². The zero-order chi connectivity index (χ0) is 12.1. The van der Waals surface area contributed by atoms with Gasteiger partial charge in [-0.2, -0.15) is 0 Å². The predicted molar refractivity (Wildman–Crippen MR) is 72.9 cm³/mol. The van der Waals surface area contributed by atoms with Crippen molar-refractivity contribution in [2.45, 2.75) is 53.9 Å². The standard InChI is InChI=1S/C16H26/c1-6-14-9-15(7-12(2)3)11-16(10-14)8-13(4)5/h9-13H,6-8H2,1-5H3. The van der Waals surface area contributed by atoms with Gasteiger partial charge in [0.2, 0.25) is 0 Å². The summed E-state index contributed by atoms with van der Waals surface area (Å²) in [4.78, 5) is 0. The Labute approximate surface area is 101 Å². The Morgan fingerprint density at radius 1 is 0.750 bits per heavy atom. The fraction of sp³-hybridized carbons (Fsp3) is 0.625. The van der Waals surface area contributed by atoms with E-state index < -0.39 is 0 Å². The summed E-state index contributed by atoms with van der Waals surface area (Å²) in [5, 5.41) is 0. The van der Waals surface area contributed by atoms with Crippen LogP contribution in [0.25, 0.3) is 0 Å². The van der Waals surface area contributed by atoms with E-state index in [1.54, 1.807) is 0 Å². The lowest BCUT2D eigenvalue weighted by Crippen LogP contribution is -2.00. The number of aryl methyl sites for hydroxylation is 1. The van der Waals surface area contributed by atoms with Gasteiger partial charge >= 0.3 is 0 Å². The molecule has 0 fully saturated rings. The van der Waals surface area contributed by atoms with Crippen LogP contribution in [0.15, 0.2) is 18.2 Å². The SMILES string of the molecule is CCc1cc(CC(C)C)cc(CC(C)C)c1. The second-order valence-corrected chi connectivity index (χ2v) is 5.71. The highest BCUT2D eigenvalue weighted by Crippen LogP contribution is 2.17. The van der Waals surface area contributed by atoms with Crippen molar-refractivity contribution in [1.29, 1.82) is 0 Å². The van der Waals surface area contributed by atoms with Crippen LogP contribution in [0.1, 0.15) is 51.3 Å². The van der Waals surface area contributed by atoms with Crippen LogP contribution in [0.2, 0.25) is 0 Å². The molecule has 1 rings (SSSR count). The minimum Gasteiger partial charge on any atom is -0.0625 e. The molecule has 0 aliphatic rings. The van der Waals surface area contributed by atoms with Crippen LogP contribution in [-0.2, 0) is 19.3 Å². The van der Waals surface area contributed by atoms with E-state index in [0.29, 0.717) is 0 Å². The molecule has 0 nitrogen and oxygen atoms in total. The molecule has 0 unspecified atom stereocenters. The smallest absolute Gasteiger partial charge is 0.0255 e. The van der Waals surface area contributed by atoms with Gasteiger partial charge in [0.05, 0.1) is 0 Å². The molecule has 90 valence electrons. The summed E-state index contributed by atoms with van der Waals surface area (Å²) >= 11 is 0. The third kappa shape index (κ3) is 4.38. The van der Waals surface area contributed by atoms with Gasteiger partial charge in [-0.25, -0.2) is 0 Å². The molecule has 0 saturated heterocycles. The number of benzene rings is 1. The minimum atomic E-state index is 0.749. The van der Waals surface area contributed by atoms with Gasteiger partial charge < -0.3 is 0 Å². The lowest BCUT2D eigenvalue weighted by Gasteiger charge is -2.12. The molecule has 0 heterocycles. The average molecular weight is 218 g/mol. The van der Waals surface area contributed by atoms with Crippen LogP contribution in [-0.4, -0.2) is 0 Å². The van der Waals surface area contributed by atoms with Gasteiger partial charge in [0.15, 0.2) is 0 Å². The fourth-order valence-corrected chi connectivity index (χ4v) is 2.22. The van der Waals surface area contributed by atoms with Crippen LogP contribution < -0.4 is 0 Å². The van der Waals surface area contributed by atoms with Crippen molar-refractivity contribution in [2.75, 3.05) is 0 Å². The number of hydrogen-bond donors (Lipinski definition) is 0. The number of hydrogen-bond acceptors (Lipinski definition) is 0. The van der Waals surface area contributed by atoms with Gasteiger partial charge in [-0.15, -0.1) is 0 Å². The Bertz CT molecular complexity index is 293. The molecule has 0 aromatic heterocycles. The maximum absolute atomic E-state index is 2.40. The summed E-state index contributed by atoms with van der Waals surface area (Å²) in [5.74, 6) is 1.50. The Balaban J connectivity index is 2.91. The summed E-state index contributed by atoms with van der Waals surface area (Å²) in [6, 6.07) is 7.16. The first-order valence-corrected chi connectivity index (χ1v) is 6.63. The van der Waals surface area contributed by atoms with Crippen LogP contribution in [0, 0.1) is 11.8 Å². The highest BCUT2D eigenvalue weighted by atomic mass is 14.1. The lowest BCUT2D eigenvalue weighted by molar-refractivity contribution is 0.635. The molecule has 0 spiro atoms. The molecule has 0 amide bonds. The topological polar surface area (TPSA) is 0 Å². The van der Waals surface area contributed by atoms with Crippen molar-refractivity contribution >= 4 is 0 Å². The van der Waals surface area contributed by atoms with E-state index >= 15 is 0 Å². The summed E-state index contributed by atoms with van der Waals surface area (Å²) in [6.07, 6.45) is 3.56. The van der Waals surface area contributed by atoms with Gasteiger partial charge in [-0.1, -0.05) is 52.8 Å². The number of rotatable bonds is 5. The molecule has 0 saturated carbocycles. The molecule has 0 aliphatic carbocycles.